The third-order valence-corrected chi connectivity index (χ3v) is 4.10. The van der Waals surface area contributed by atoms with E-state index in [0.717, 1.165) is 11.9 Å². The molecule has 4 heteroatoms. The highest BCUT2D eigenvalue weighted by Crippen LogP contribution is 2.27. The van der Waals surface area contributed by atoms with E-state index in [9.17, 15) is 0 Å². The third-order valence-electron chi connectivity index (χ3n) is 4.10. The first kappa shape index (κ1) is 13.2. The second-order valence-electron chi connectivity index (χ2n) is 5.59. The van der Waals surface area contributed by atoms with E-state index in [4.69, 9.17) is 5.73 Å². The molecule has 2 aromatic heterocycles. The average molecular weight is 270 g/mol. The number of allylic oxidation sites excluding steroid dienone is 2. The van der Waals surface area contributed by atoms with Crippen LogP contribution in [0.3, 0.4) is 0 Å². The summed E-state index contributed by atoms with van der Waals surface area (Å²) in [6.45, 7) is 0. The Kier molecular flexibility index (Phi) is 4.00. The number of rotatable bonds is 1. The van der Waals surface area contributed by atoms with Gasteiger partial charge in [-0.3, -0.25) is 0 Å². The Bertz CT molecular complexity index is 612. The lowest BCUT2D eigenvalue weighted by molar-refractivity contribution is 0.595. The molecule has 0 fully saturated rings. The molecule has 4 nitrogen and oxygen atoms in total. The van der Waals surface area contributed by atoms with Gasteiger partial charge in [-0.25, -0.2) is 9.50 Å². The lowest BCUT2D eigenvalue weighted by Gasteiger charge is -2.09. The molecule has 0 radical (unpaired) electrons. The Labute approximate surface area is 119 Å². The maximum Gasteiger partial charge on any atom is 0.151 e. The molecule has 2 aromatic rings. The van der Waals surface area contributed by atoms with Gasteiger partial charge < -0.3 is 5.73 Å². The summed E-state index contributed by atoms with van der Waals surface area (Å²) in [5.74, 6) is 0.548. The lowest BCUT2D eigenvalue weighted by Crippen LogP contribution is -1.96. The van der Waals surface area contributed by atoms with E-state index in [0.29, 0.717) is 5.82 Å². The quantitative estimate of drug-likeness (QED) is 0.856. The van der Waals surface area contributed by atoms with Gasteiger partial charge in [-0.05, 0) is 42.9 Å². The summed E-state index contributed by atoms with van der Waals surface area (Å²) in [7, 11) is 0. The monoisotopic (exact) mass is 270 g/mol. The van der Waals surface area contributed by atoms with Gasteiger partial charge in [0, 0.05) is 6.20 Å². The van der Waals surface area contributed by atoms with Crippen LogP contribution in [0.15, 0.2) is 24.7 Å². The van der Waals surface area contributed by atoms with E-state index in [2.05, 4.69) is 28.4 Å². The highest BCUT2D eigenvalue weighted by atomic mass is 15.2. The Morgan fingerprint density at radius 2 is 1.85 bits per heavy atom. The molecule has 0 aromatic carbocycles. The summed E-state index contributed by atoms with van der Waals surface area (Å²) in [5, 5.41) is 4.23. The van der Waals surface area contributed by atoms with Gasteiger partial charge in [0.05, 0.1) is 0 Å². The van der Waals surface area contributed by atoms with Crippen molar-refractivity contribution in [3.05, 3.63) is 30.2 Å². The van der Waals surface area contributed by atoms with Gasteiger partial charge in [0.1, 0.15) is 11.8 Å². The molecule has 1 aliphatic rings. The largest absolute Gasteiger partial charge is 0.382 e. The molecule has 0 saturated heterocycles. The maximum atomic E-state index is 5.91. The molecule has 0 aliphatic heterocycles. The van der Waals surface area contributed by atoms with Crippen LogP contribution in [0, 0.1) is 0 Å². The van der Waals surface area contributed by atoms with Crippen LogP contribution in [0.2, 0.25) is 0 Å². The van der Waals surface area contributed by atoms with Crippen molar-refractivity contribution in [2.45, 2.75) is 51.4 Å². The van der Waals surface area contributed by atoms with Gasteiger partial charge >= 0.3 is 0 Å². The Morgan fingerprint density at radius 3 is 2.70 bits per heavy atom. The number of fused-ring (bicyclic) bond motifs is 1. The van der Waals surface area contributed by atoms with Gasteiger partial charge in [0.15, 0.2) is 5.82 Å². The van der Waals surface area contributed by atoms with E-state index < -0.39 is 0 Å². The molecule has 3 rings (SSSR count). The van der Waals surface area contributed by atoms with E-state index in [-0.39, 0.29) is 0 Å². The Balaban J connectivity index is 1.90. The Morgan fingerprint density at radius 1 is 1.05 bits per heavy atom. The standard InChI is InChI=1S/C16H22N4/c17-16-15-10-14(11-20(15)19-12-18-16)13-8-6-4-2-1-3-5-7-9-13/h8,10-12H,1-7,9H2,(H2,17,18,19)/b13-8+. The number of anilines is 1. The molecule has 106 valence electrons. The second-order valence-corrected chi connectivity index (χ2v) is 5.59. The molecule has 0 amide bonds. The number of hydrogen-bond donors (Lipinski definition) is 1. The molecule has 20 heavy (non-hydrogen) atoms. The van der Waals surface area contributed by atoms with Gasteiger partial charge in [0.2, 0.25) is 0 Å². The van der Waals surface area contributed by atoms with Crippen molar-refractivity contribution in [1.82, 2.24) is 14.6 Å². The molecule has 0 spiro atoms. The summed E-state index contributed by atoms with van der Waals surface area (Å²) in [6, 6.07) is 2.12. The molecular formula is C16H22N4. The zero-order valence-corrected chi connectivity index (χ0v) is 11.9. The zero-order chi connectivity index (χ0) is 13.8. The fourth-order valence-electron chi connectivity index (χ4n) is 2.93. The second kappa shape index (κ2) is 6.07. The van der Waals surface area contributed by atoms with Gasteiger partial charge in [-0.1, -0.05) is 31.8 Å². The molecule has 0 atom stereocenters. The first-order chi connectivity index (χ1) is 9.84. The summed E-state index contributed by atoms with van der Waals surface area (Å²) in [4.78, 5) is 4.05. The van der Waals surface area contributed by atoms with Crippen molar-refractivity contribution < 1.29 is 0 Å². The Hall–Kier alpha value is -1.84. The van der Waals surface area contributed by atoms with Crippen LogP contribution >= 0.6 is 0 Å². The van der Waals surface area contributed by atoms with Gasteiger partial charge in [-0.2, -0.15) is 5.10 Å². The number of nitrogens with two attached hydrogens (primary N) is 1. The minimum atomic E-state index is 0.548. The molecule has 1 aliphatic carbocycles. The van der Waals surface area contributed by atoms with Gasteiger partial charge in [-0.15, -0.1) is 0 Å². The fraction of sp³-hybridized carbons (Fsp3) is 0.500. The maximum absolute atomic E-state index is 5.91. The van der Waals surface area contributed by atoms with Crippen LogP contribution in [0.5, 0.6) is 0 Å². The number of nitrogen functional groups attached to an aromatic ring is 1. The van der Waals surface area contributed by atoms with Crippen molar-refractivity contribution in [1.29, 1.82) is 0 Å². The van der Waals surface area contributed by atoms with Crippen LogP contribution in [0.1, 0.15) is 56.9 Å². The fourth-order valence-corrected chi connectivity index (χ4v) is 2.93. The first-order valence-corrected chi connectivity index (χ1v) is 7.63. The normalized spacial score (nSPS) is 20.5. The van der Waals surface area contributed by atoms with Crippen LogP contribution < -0.4 is 5.73 Å². The number of aromatic nitrogens is 3. The molecule has 2 N–H and O–H groups in total. The van der Waals surface area contributed by atoms with E-state index in [1.54, 1.807) is 0 Å². The SMILES string of the molecule is Nc1ncnn2cc(/C3=C/CCCCCCCC3)cc12. The molecular weight excluding hydrogens is 248 g/mol. The van der Waals surface area contributed by atoms with Crippen molar-refractivity contribution in [3.8, 4) is 0 Å². The first-order valence-electron chi connectivity index (χ1n) is 7.63. The summed E-state index contributed by atoms with van der Waals surface area (Å²) in [6.07, 6.45) is 16.4. The summed E-state index contributed by atoms with van der Waals surface area (Å²) < 4.78 is 1.83. The molecule has 0 bridgehead atoms. The van der Waals surface area contributed by atoms with Gasteiger partial charge in [0.25, 0.3) is 0 Å². The van der Waals surface area contributed by atoms with Crippen molar-refractivity contribution >= 4 is 16.9 Å². The van der Waals surface area contributed by atoms with E-state index in [1.165, 1.54) is 62.4 Å². The number of nitrogens with zero attached hydrogens (tertiary/aromatic N) is 3. The van der Waals surface area contributed by atoms with Crippen LogP contribution in [0.25, 0.3) is 11.1 Å². The molecule has 0 saturated carbocycles. The van der Waals surface area contributed by atoms with Crippen LogP contribution in [0.4, 0.5) is 5.82 Å². The molecule has 2 heterocycles. The summed E-state index contributed by atoms with van der Waals surface area (Å²) in [5.41, 5.74) is 9.50. The van der Waals surface area contributed by atoms with Crippen molar-refractivity contribution in [3.63, 3.8) is 0 Å². The predicted octanol–water partition coefficient (Wildman–Crippen LogP) is 3.83. The summed E-state index contributed by atoms with van der Waals surface area (Å²) >= 11 is 0. The minimum Gasteiger partial charge on any atom is -0.382 e. The minimum absolute atomic E-state index is 0.548. The van der Waals surface area contributed by atoms with E-state index >= 15 is 0 Å². The highest BCUT2D eigenvalue weighted by Gasteiger charge is 2.09. The third kappa shape index (κ3) is 2.84. The lowest BCUT2D eigenvalue weighted by atomic mass is 9.97. The predicted molar refractivity (Wildman–Crippen MR) is 82.3 cm³/mol. The zero-order valence-electron chi connectivity index (χ0n) is 11.9. The molecule has 0 unspecified atom stereocenters. The smallest absolute Gasteiger partial charge is 0.151 e. The van der Waals surface area contributed by atoms with Crippen molar-refractivity contribution in [2.75, 3.05) is 5.73 Å². The highest BCUT2D eigenvalue weighted by molar-refractivity contribution is 5.75. The topological polar surface area (TPSA) is 56.2 Å². The van der Waals surface area contributed by atoms with Crippen LogP contribution in [-0.2, 0) is 0 Å². The average Bonchev–Trinajstić information content (AvgIpc) is 2.90. The number of hydrogen-bond acceptors (Lipinski definition) is 3. The van der Waals surface area contributed by atoms with Crippen LogP contribution in [-0.4, -0.2) is 14.6 Å². The van der Waals surface area contributed by atoms with Crippen molar-refractivity contribution in [2.24, 2.45) is 0 Å². The van der Waals surface area contributed by atoms with E-state index in [1.807, 2.05) is 4.52 Å².